The molecule has 7 heteroatoms. The van der Waals surface area contributed by atoms with E-state index in [0.717, 1.165) is 49.1 Å². The van der Waals surface area contributed by atoms with E-state index in [1.54, 1.807) is 12.4 Å². The lowest BCUT2D eigenvalue weighted by molar-refractivity contribution is -0.150. The molecule has 4 fully saturated rings. The van der Waals surface area contributed by atoms with Crippen molar-refractivity contribution >= 4 is 17.5 Å². The number of fused-ring (bicyclic) bond motifs is 1. The van der Waals surface area contributed by atoms with Crippen molar-refractivity contribution in [2.24, 2.45) is 34.8 Å². The van der Waals surface area contributed by atoms with Crippen LogP contribution in [0.2, 0.25) is 0 Å². The number of pyridine rings is 1. The van der Waals surface area contributed by atoms with Gasteiger partial charge in [0.25, 0.3) is 0 Å². The fourth-order valence-corrected chi connectivity index (χ4v) is 7.63. The van der Waals surface area contributed by atoms with Crippen LogP contribution in [0.5, 0.6) is 5.75 Å². The van der Waals surface area contributed by atoms with Crippen LogP contribution in [0.1, 0.15) is 50.1 Å². The van der Waals surface area contributed by atoms with Crippen LogP contribution in [0.15, 0.2) is 48.8 Å². The number of aromatic nitrogens is 1. The van der Waals surface area contributed by atoms with Gasteiger partial charge in [0.15, 0.2) is 0 Å². The molecule has 7 nitrogen and oxygen atoms in total. The number of ether oxygens (including phenoxy) is 1. The minimum atomic E-state index is -0.302. The number of nitrogens with zero attached hydrogens (tertiary/aromatic N) is 1. The fraction of sp³-hybridized carbons (Fsp3) is 0.519. The molecule has 0 radical (unpaired) electrons. The Bertz CT molecular complexity index is 1070. The molecule has 2 heterocycles. The lowest BCUT2D eigenvalue weighted by Crippen LogP contribution is -2.59. The van der Waals surface area contributed by atoms with Crippen LogP contribution >= 0.6 is 0 Å². The maximum Gasteiger partial charge on any atom is 0.230 e. The molecule has 4 bridgehead atoms. The highest BCUT2D eigenvalue weighted by atomic mass is 16.5. The minimum Gasteiger partial charge on any atom is -0.491 e. The van der Waals surface area contributed by atoms with Crippen LogP contribution in [0, 0.1) is 29.1 Å². The molecular weight excluding hydrogens is 428 g/mol. The highest BCUT2D eigenvalue weighted by molar-refractivity contribution is 5.95. The summed E-state index contributed by atoms with van der Waals surface area (Å²) in [4.78, 5) is 30.3. The van der Waals surface area contributed by atoms with Crippen LogP contribution < -0.4 is 21.1 Å². The lowest BCUT2D eigenvalue weighted by atomic mass is 9.45. The molecule has 2 amide bonds. The summed E-state index contributed by atoms with van der Waals surface area (Å²) < 4.78 is 5.70. The minimum absolute atomic E-state index is 0.0169. The van der Waals surface area contributed by atoms with E-state index in [1.807, 2.05) is 36.4 Å². The second-order valence-corrected chi connectivity index (χ2v) is 10.9. The normalized spacial score (nSPS) is 33.6. The number of hydrogen-bond acceptors (Lipinski definition) is 5. The van der Waals surface area contributed by atoms with E-state index >= 15 is 0 Å². The highest BCUT2D eigenvalue weighted by Gasteiger charge is 2.59. The number of benzene rings is 1. The molecule has 4 saturated carbocycles. The first-order chi connectivity index (χ1) is 16.5. The predicted molar refractivity (Wildman–Crippen MR) is 128 cm³/mol. The molecule has 4 aliphatic carbocycles. The molecule has 7 rings (SSSR count). The van der Waals surface area contributed by atoms with Crippen LogP contribution in [0.3, 0.4) is 0 Å². The Balaban J connectivity index is 1.11. The average molecular weight is 461 g/mol. The Kier molecular flexibility index (Phi) is 5.32. The van der Waals surface area contributed by atoms with Gasteiger partial charge in [0.05, 0.1) is 11.5 Å². The third-order valence-electron chi connectivity index (χ3n) is 8.72. The Morgan fingerprint density at radius 3 is 2.59 bits per heavy atom. The Hall–Kier alpha value is -2.93. The van der Waals surface area contributed by atoms with Crippen LogP contribution in [0.25, 0.3) is 0 Å². The molecule has 0 spiro atoms. The van der Waals surface area contributed by atoms with E-state index < -0.39 is 0 Å². The number of rotatable bonds is 6. The lowest BCUT2D eigenvalue weighted by Gasteiger charge is -2.60. The third kappa shape index (κ3) is 3.76. The molecule has 0 saturated heterocycles. The zero-order valence-corrected chi connectivity index (χ0v) is 19.3. The number of para-hydroxylation sites is 1. The quantitative estimate of drug-likeness (QED) is 0.612. The monoisotopic (exact) mass is 460 g/mol. The largest absolute Gasteiger partial charge is 0.491 e. The van der Waals surface area contributed by atoms with Crippen LogP contribution in [0.4, 0.5) is 5.69 Å². The number of nitrogens with two attached hydrogens (primary N) is 1. The van der Waals surface area contributed by atoms with E-state index in [-0.39, 0.29) is 29.3 Å². The van der Waals surface area contributed by atoms with E-state index in [1.165, 1.54) is 0 Å². The van der Waals surface area contributed by atoms with Gasteiger partial charge in [-0.2, -0.15) is 0 Å². The fourth-order valence-electron chi connectivity index (χ4n) is 7.63. The standard InChI is InChI=1S/C27H32N4O3/c28-21(11-24(32)31-22-15-34-23-4-2-1-3-20(22)23)25-17-9-16-10-18(25)14-27(12-16,13-17)26(33)30-19-5-7-29-8-6-19/h1-8,16-18,21-22,25H,9-15,28H2,(H,31,32)(H,29,30,33). The Labute approximate surface area is 199 Å². The van der Waals surface area contributed by atoms with E-state index in [4.69, 9.17) is 10.5 Å². The Morgan fingerprint density at radius 2 is 1.82 bits per heavy atom. The van der Waals surface area contributed by atoms with Gasteiger partial charge >= 0.3 is 0 Å². The molecular formula is C27H32N4O3. The summed E-state index contributed by atoms with van der Waals surface area (Å²) in [6.45, 7) is 0.464. The van der Waals surface area contributed by atoms with E-state index in [9.17, 15) is 9.59 Å². The molecule has 4 unspecified atom stereocenters. The molecule has 4 atom stereocenters. The first-order valence-corrected chi connectivity index (χ1v) is 12.5. The van der Waals surface area contributed by atoms with Gasteiger partial charge in [-0.05, 0) is 74.0 Å². The van der Waals surface area contributed by atoms with E-state index in [0.29, 0.717) is 36.7 Å². The van der Waals surface area contributed by atoms with Crippen molar-refractivity contribution in [3.63, 3.8) is 0 Å². The van der Waals surface area contributed by atoms with Crippen molar-refractivity contribution in [2.45, 2.75) is 50.6 Å². The first-order valence-electron chi connectivity index (χ1n) is 12.5. The molecule has 1 aliphatic heterocycles. The second kappa shape index (κ2) is 8.38. The highest BCUT2D eigenvalue weighted by Crippen LogP contribution is 2.63. The number of carbonyl (C=O) groups excluding carboxylic acids is 2. The number of hydrogen-bond donors (Lipinski definition) is 3. The third-order valence-corrected chi connectivity index (χ3v) is 8.72. The van der Waals surface area contributed by atoms with Gasteiger partial charge < -0.3 is 21.1 Å². The van der Waals surface area contributed by atoms with Gasteiger partial charge in [-0.3, -0.25) is 14.6 Å². The molecule has 2 aromatic rings. The van der Waals surface area contributed by atoms with Crippen molar-refractivity contribution in [2.75, 3.05) is 11.9 Å². The van der Waals surface area contributed by atoms with Gasteiger partial charge in [-0.15, -0.1) is 0 Å². The first kappa shape index (κ1) is 21.6. The van der Waals surface area contributed by atoms with Crippen molar-refractivity contribution in [3.8, 4) is 5.75 Å². The SMILES string of the molecule is NC(CC(=O)NC1COc2ccccc21)C1C2CC3CC1CC(C(=O)Nc1ccncc1)(C3)C2. The zero-order chi connectivity index (χ0) is 23.3. The van der Waals surface area contributed by atoms with Gasteiger partial charge in [-0.1, -0.05) is 18.2 Å². The number of carbonyl (C=O) groups is 2. The molecule has 5 aliphatic rings. The molecule has 1 aromatic carbocycles. The summed E-state index contributed by atoms with van der Waals surface area (Å²) in [5.74, 6) is 2.68. The van der Waals surface area contributed by atoms with E-state index in [2.05, 4.69) is 15.6 Å². The van der Waals surface area contributed by atoms with Crippen molar-refractivity contribution in [3.05, 3.63) is 54.4 Å². The number of anilines is 1. The molecule has 178 valence electrons. The van der Waals surface area contributed by atoms with Crippen molar-refractivity contribution in [1.29, 1.82) is 0 Å². The smallest absolute Gasteiger partial charge is 0.230 e. The number of nitrogens with one attached hydrogen (secondary N) is 2. The van der Waals surface area contributed by atoms with Gasteiger partial charge in [-0.25, -0.2) is 0 Å². The van der Waals surface area contributed by atoms with Crippen molar-refractivity contribution < 1.29 is 14.3 Å². The maximum atomic E-state index is 13.4. The molecule has 1 aromatic heterocycles. The number of amides is 2. The second-order valence-electron chi connectivity index (χ2n) is 10.9. The summed E-state index contributed by atoms with van der Waals surface area (Å²) in [5, 5.41) is 6.27. The summed E-state index contributed by atoms with van der Waals surface area (Å²) in [7, 11) is 0. The zero-order valence-electron chi connectivity index (χ0n) is 19.3. The summed E-state index contributed by atoms with van der Waals surface area (Å²) >= 11 is 0. The maximum absolute atomic E-state index is 13.4. The average Bonchev–Trinajstić information content (AvgIpc) is 3.21. The van der Waals surface area contributed by atoms with Gasteiger partial charge in [0.2, 0.25) is 11.8 Å². The summed E-state index contributed by atoms with van der Waals surface area (Å²) in [5.41, 5.74) is 8.24. The Morgan fingerprint density at radius 1 is 1.09 bits per heavy atom. The molecule has 34 heavy (non-hydrogen) atoms. The van der Waals surface area contributed by atoms with Crippen LogP contribution in [-0.2, 0) is 9.59 Å². The topological polar surface area (TPSA) is 106 Å². The summed E-state index contributed by atoms with van der Waals surface area (Å²) in [6, 6.07) is 11.2. The van der Waals surface area contributed by atoms with Crippen LogP contribution in [-0.4, -0.2) is 29.4 Å². The summed E-state index contributed by atoms with van der Waals surface area (Å²) in [6.07, 6.45) is 8.70. The molecule has 4 N–H and O–H groups in total. The van der Waals surface area contributed by atoms with Gasteiger partial charge in [0.1, 0.15) is 12.4 Å². The van der Waals surface area contributed by atoms with Gasteiger partial charge in [0, 0.05) is 36.1 Å². The predicted octanol–water partition coefficient (Wildman–Crippen LogP) is 3.43. The van der Waals surface area contributed by atoms with Crippen molar-refractivity contribution in [1.82, 2.24) is 10.3 Å².